The van der Waals surface area contributed by atoms with Crippen molar-refractivity contribution in [2.45, 2.75) is 20.0 Å². The highest BCUT2D eigenvalue weighted by atomic mass is 16.6. The van der Waals surface area contributed by atoms with Crippen LogP contribution in [0.3, 0.4) is 0 Å². The zero-order valence-corrected chi connectivity index (χ0v) is 18.9. The second-order valence-electron chi connectivity index (χ2n) is 8.25. The molecule has 2 aromatic heterocycles. The van der Waals surface area contributed by atoms with Crippen molar-refractivity contribution in [3.8, 4) is 5.69 Å². The van der Waals surface area contributed by atoms with Gasteiger partial charge >= 0.3 is 5.69 Å². The van der Waals surface area contributed by atoms with Gasteiger partial charge < -0.3 is 4.57 Å². The van der Waals surface area contributed by atoms with Crippen LogP contribution in [0.4, 0.5) is 5.69 Å². The number of hydrogen-bond acceptors (Lipinski definition) is 5. The summed E-state index contributed by atoms with van der Waals surface area (Å²) in [5, 5.41) is 11.0. The average molecular weight is 467 g/mol. The Morgan fingerprint density at radius 2 is 1.51 bits per heavy atom. The van der Waals surface area contributed by atoms with Crippen molar-refractivity contribution in [1.29, 1.82) is 0 Å². The van der Waals surface area contributed by atoms with Crippen LogP contribution in [0, 0.1) is 17.0 Å². The van der Waals surface area contributed by atoms with E-state index in [9.17, 15) is 19.7 Å². The minimum atomic E-state index is -0.471. The molecule has 0 aliphatic rings. The molecule has 0 bridgehead atoms. The number of non-ortho nitro benzene ring substituents is 1. The van der Waals surface area contributed by atoms with Crippen LogP contribution < -0.4 is 11.2 Å². The second kappa shape index (κ2) is 8.86. The van der Waals surface area contributed by atoms with Gasteiger partial charge in [0.25, 0.3) is 11.2 Å². The summed E-state index contributed by atoms with van der Waals surface area (Å²) in [5.41, 5.74) is 2.71. The molecule has 0 radical (unpaired) electrons. The van der Waals surface area contributed by atoms with Crippen molar-refractivity contribution in [2.24, 2.45) is 0 Å². The fraction of sp³-hybridized carbons (Fsp3) is 0.115. The molecule has 0 saturated heterocycles. The Balaban J connectivity index is 1.72. The smallest absolute Gasteiger partial charge is 0.320 e. The van der Waals surface area contributed by atoms with Crippen molar-refractivity contribution in [3.05, 3.63) is 133 Å². The number of benzene rings is 3. The highest BCUT2D eigenvalue weighted by Crippen LogP contribution is 2.19. The minimum Gasteiger partial charge on any atom is -0.320 e. The van der Waals surface area contributed by atoms with Crippen molar-refractivity contribution in [2.75, 3.05) is 0 Å². The largest absolute Gasteiger partial charge is 0.337 e. The Morgan fingerprint density at radius 1 is 0.857 bits per heavy atom. The first-order valence-corrected chi connectivity index (χ1v) is 11.0. The number of nitrogens with zero attached hydrogens (tertiary/aromatic N) is 5. The van der Waals surface area contributed by atoms with Crippen LogP contribution >= 0.6 is 0 Å². The molecule has 5 aromatic rings. The summed E-state index contributed by atoms with van der Waals surface area (Å²) in [4.78, 5) is 42.3. The summed E-state index contributed by atoms with van der Waals surface area (Å²) in [6, 6.07) is 22.9. The maximum atomic E-state index is 13.6. The van der Waals surface area contributed by atoms with Crippen molar-refractivity contribution in [3.63, 3.8) is 0 Å². The lowest BCUT2D eigenvalue weighted by Gasteiger charge is -2.14. The first kappa shape index (κ1) is 22.0. The molecule has 0 aliphatic carbocycles. The molecule has 3 aromatic carbocycles. The van der Waals surface area contributed by atoms with Gasteiger partial charge in [-0.05, 0) is 29.7 Å². The lowest BCUT2D eigenvalue weighted by Crippen LogP contribution is -2.40. The fourth-order valence-corrected chi connectivity index (χ4v) is 4.16. The summed E-state index contributed by atoms with van der Waals surface area (Å²) in [6.45, 7) is 2.28. The Hall–Kier alpha value is -4.79. The van der Waals surface area contributed by atoms with Crippen LogP contribution in [-0.2, 0) is 13.1 Å². The maximum absolute atomic E-state index is 13.6. The minimum absolute atomic E-state index is 0.0113. The van der Waals surface area contributed by atoms with E-state index in [1.807, 2.05) is 61.5 Å². The van der Waals surface area contributed by atoms with E-state index < -0.39 is 16.2 Å². The number of imidazole rings is 1. The van der Waals surface area contributed by atoms with Crippen LogP contribution in [0.1, 0.15) is 16.7 Å². The van der Waals surface area contributed by atoms with E-state index in [1.165, 1.54) is 27.6 Å². The Kier molecular flexibility index (Phi) is 5.58. The van der Waals surface area contributed by atoms with E-state index in [0.29, 0.717) is 5.69 Å². The van der Waals surface area contributed by atoms with Gasteiger partial charge in [0.05, 0.1) is 23.5 Å². The zero-order valence-electron chi connectivity index (χ0n) is 18.9. The summed E-state index contributed by atoms with van der Waals surface area (Å²) in [7, 11) is 0. The van der Waals surface area contributed by atoms with E-state index in [0.717, 1.165) is 16.7 Å². The van der Waals surface area contributed by atoms with Crippen LogP contribution in [0.5, 0.6) is 0 Å². The lowest BCUT2D eigenvalue weighted by atomic mass is 10.2. The molecule has 0 atom stereocenters. The van der Waals surface area contributed by atoms with Gasteiger partial charge in [-0.2, -0.15) is 0 Å². The molecule has 9 heteroatoms. The summed E-state index contributed by atoms with van der Waals surface area (Å²) in [6.07, 6.45) is 1.52. The molecular formula is C26H21N5O4. The molecule has 0 spiro atoms. The standard InChI is InChI=1S/C26H21N5O4/c1-18-7-5-6-10-22(18)30-24-23(25(32)29(26(30)33)16-19-8-3-2-4-9-19)28(17-27-24)15-20-11-13-21(14-12-20)31(34)35/h2-14,17H,15-16H2,1H3. The molecule has 0 aliphatic heterocycles. The predicted molar refractivity (Wildman–Crippen MR) is 132 cm³/mol. The first-order valence-electron chi connectivity index (χ1n) is 11.0. The number of para-hydroxylation sites is 1. The van der Waals surface area contributed by atoms with Crippen LogP contribution in [0.15, 0.2) is 94.8 Å². The van der Waals surface area contributed by atoms with Gasteiger partial charge in [0, 0.05) is 18.7 Å². The van der Waals surface area contributed by atoms with Crippen LogP contribution in [0.25, 0.3) is 16.9 Å². The Morgan fingerprint density at radius 3 is 2.20 bits per heavy atom. The number of aryl methyl sites for hydroxylation is 1. The monoisotopic (exact) mass is 467 g/mol. The molecule has 2 heterocycles. The normalized spacial score (nSPS) is 11.1. The maximum Gasteiger partial charge on any atom is 0.337 e. The van der Waals surface area contributed by atoms with E-state index in [-0.39, 0.29) is 29.9 Å². The summed E-state index contributed by atoms with van der Waals surface area (Å²) >= 11 is 0. The highest BCUT2D eigenvalue weighted by molar-refractivity contribution is 5.73. The van der Waals surface area contributed by atoms with Gasteiger partial charge in [-0.25, -0.2) is 14.3 Å². The number of fused-ring (bicyclic) bond motifs is 1. The van der Waals surface area contributed by atoms with Gasteiger partial charge in [0.15, 0.2) is 11.2 Å². The average Bonchev–Trinajstić information content (AvgIpc) is 3.27. The van der Waals surface area contributed by atoms with E-state index in [4.69, 9.17) is 0 Å². The molecule has 174 valence electrons. The van der Waals surface area contributed by atoms with Gasteiger partial charge in [0.1, 0.15) is 0 Å². The number of rotatable bonds is 6. The van der Waals surface area contributed by atoms with Gasteiger partial charge in [-0.3, -0.25) is 19.5 Å². The number of hydrogen-bond donors (Lipinski definition) is 0. The molecule has 0 unspecified atom stereocenters. The second-order valence-corrected chi connectivity index (χ2v) is 8.25. The van der Waals surface area contributed by atoms with Gasteiger partial charge in [0.2, 0.25) is 0 Å². The Bertz CT molecular complexity index is 1660. The van der Waals surface area contributed by atoms with E-state index >= 15 is 0 Å². The lowest BCUT2D eigenvalue weighted by molar-refractivity contribution is -0.384. The highest BCUT2D eigenvalue weighted by Gasteiger charge is 2.20. The van der Waals surface area contributed by atoms with Gasteiger partial charge in [-0.15, -0.1) is 0 Å². The number of nitro benzene ring substituents is 1. The molecule has 0 fully saturated rings. The van der Waals surface area contributed by atoms with Crippen molar-refractivity contribution < 1.29 is 4.92 Å². The zero-order chi connectivity index (χ0) is 24.5. The van der Waals surface area contributed by atoms with Crippen molar-refractivity contribution in [1.82, 2.24) is 18.7 Å². The quantitative estimate of drug-likeness (QED) is 0.280. The molecule has 0 N–H and O–H groups in total. The molecule has 0 amide bonds. The summed E-state index contributed by atoms with van der Waals surface area (Å²) < 4.78 is 4.37. The van der Waals surface area contributed by atoms with E-state index in [2.05, 4.69) is 4.98 Å². The van der Waals surface area contributed by atoms with E-state index in [1.54, 1.807) is 16.7 Å². The van der Waals surface area contributed by atoms with Gasteiger partial charge in [-0.1, -0.05) is 60.7 Å². The number of nitro groups is 1. The topological polar surface area (TPSA) is 105 Å². The third-order valence-corrected chi connectivity index (χ3v) is 5.94. The molecular weight excluding hydrogens is 446 g/mol. The number of aromatic nitrogens is 4. The van der Waals surface area contributed by atoms with Crippen LogP contribution in [-0.4, -0.2) is 23.6 Å². The molecule has 5 rings (SSSR count). The molecule has 0 saturated carbocycles. The fourth-order valence-electron chi connectivity index (χ4n) is 4.16. The predicted octanol–water partition coefficient (Wildman–Crippen LogP) is 3.66. The Labute approximate surface area is 199 Å². The molecule has 9 nitrogen and oxygen atoms in total. The summed E-state index contributed by atoms with van der Waals surface area (Å²) in [5.74, 6) is 0. The van der Waals surface area contributed by atoms with Crippen molar-refractivity contribution >= 4 is 16.9 Å². The SMILES string of the molecule is Cc1ccccc1-n1c(=O)n(Cc2ccccc2)c(=O)c2c1ncn2Cc1ccc([N+](=O)[O-])cc1. The third kappa shape index (κ3) is 4.04. The third-order valence-electron chi connectivity index (χ3n) is 5.94. The first-order chi connectivity index (χ1) is 16.9. The van der Waals surface area contributed by atoms with Crippen LogP contribution in [0.2, 0.25) is 0 Å². The molecule has 35 heavy (non-hydrogen) atoms.